The van der Waals surface area contributed by atoms with Crippen molar-refractivity contribution in [1.29, 1.82) is 0 Å². The number of piperidine rings is 1. The van der Waals surface area contributed by atoms with Crippen molar-refractivity contribution in [2.75, 3.05) is 81.6 Å². The number of piperazine rings is 1. The van der Waals surface area contributed by atoms with E-state index in [4.69, 9.17) is 21.7 Å². The monoisotopic (exact) mass is 830 g/mol. The highest BCUT2D eigenvalue weighted by Gasteiger charge is 2.45. The molecule has 9 rings (SSSR count). The van der Waals surface area contributed by atoms with Gasteiger partial charge in [-0.2, -0.15) is 9.99 Å². The first-order valence-corrected chi connectivity index (χ1v) is 20.3. The molecule has 4 aliphatic rings. The van der Waals surface area contributed by atoms with Gasteiger partial charge in [0.25, 0.3) is 17.7 Å². The molecule has 3 fully saturated rings. The molecular weight excluding hydrogens is 788 g/mol. The lowest BCUT2D eigenvalue weighted by molar-refractivity contribution is -0.122. The molecule has 308 valence electrons. The molecule has 3 saturated heterocycles. The Hall–Kier alpha value is -6.59. The number of hydrogen-bond donors (Lipinski definition) is 2. The lowest BCUT2D eigenvalue weighted by atomic mass is 9.94. The van der Waals surface area contributed by atoms with E-state index in [2.05, 4.69) is 30.3 Å². The zero-order chi connectivity index (χ0) is 41.7. The van der Waals surface area contributed by atoms with E-state index in [0.717, 1.165) is 79.9 Å². The van der Waals surface area contributed by atoms with Gasteiger partial charge in [0.05, 0.1) is 40.9 Å². The maximum atomic E-state index is 13.6. The molecule has 0 bridgehead atoms. The highest BCUT2D eigenvalue weighted by atomic mass is 35.5. The van der Waals surface area contributed by atoms with Gasteiger partial charge >= 0.3 is 6.03 Å². The maximum absolute atomic E-state index is 13.6. The summed E-state index contributed by atoms with van der Waals surface area (Å²) in [6, 6.07) is 19.8. The van der Waals surface area contributed by atoms with Crippen LogP contribution < -0.4 is 20.4 Å². The minimum absolute atomic E-state index is 0.0129. The summed E-state index contributed by atoms with van der Waals surface area (Å²) in [5, 5.41) is 7.98. The van der Waals surface area contributed by atoms with Crippen LogP contribution in [0.4, 0.5) is 27.9 Å². The van der Waals surface area contributed by atoms with Crippen LogP contribution in [-0.4, -0.2) is 135 Å². The van der Waals surface area contributed by atoms with Gasteiger partial charge in [-0.15, -0.1) is 0 Å². The van der Waals surface area contributed by atoms with E-state index in [0.29, 0.717) is 51.4 Å². The van der Waals surface area contributed by atoms with Crippen LogP contribution in [0.1, 0.15) is 50.5 Å². The highest BCUT2D eigenvalue weighted by Crippen LogP contribution is 2.36. The second-order valence-electron chi connectivity index (χ2n) is 15.6. The topological polar surface area (TPSA) is 172 Å². The Morgan fingerprint density at radius 3 is 2.33 bits per heavy atom. The summed E-state index contributed by atoms with van der Waals surface area (Å²) in [7, 11) is 3.35. The fourth-order valence-electron chi connectivity index (χ4n) is 8.45. The first-order valence-electron chi connectivity index (χ1n) is 20.0. The van der Waals surface area contributed by atoms with Crippen LogP contribution in [0.5, 0.6) is 0 Å². The normalized spacial score (nSPS) is 17.7. The number of urea groups is 1. The summed E-state index contributed by atoms with van der Waals surface area (Å²) < 4.78 is 1.28. The average Bonchev–Trinajstić information content (AvgIpc) is 3.73. The van der Waals surface area contributed by atoms with Crippen LogP contribution in [0.3, 0.4) is 0 Å². The molecule has 0 unspecified atom stereocenters. The summed E-state index contributed by atoms with van der Waals surface area (Å²) in [6.07, 6.45) is 3.75. The first-order chi connectivity index (χ1) is 29.0. The van der Waals surface area contributed by atoms with Crippen molar-refractivity contribution in [3.63, 3.8) is 0 Å². The molecule has 5 aromatic rings. The SMILES string of the molecule is CN(C)C(=O)c1cc2c(-c3ccccc3)nc(Nc3ccc(N4CCN(CC5CCN(c6cccc7c6C(=O)N(N6CCC(=O)NC6=O)C7=O)CC5)CC4)cn3)nc2n1Cl. The van der Waals surface area contributed by atoms with Gasteiger partial charge in [0.1, 0.15) is 11.5 Å². The van der Waals surface area contributed by atoms with Gasteiger partial charge in [-0.3, -0.25) is 29.4 Å². The molecule has 0 atom stereocenters. The van der Waals surface area contributed by atoms with Crippen LogP contribution in [0.2, 0.25) is 0 Å². The van der Waals surface area contributed by atoms with E-state index in [1.165, 1.54) is 8.99 Å². The number of halogens is 1. The van der Waals surface area contributed by atoms with Crippen LogP contribution in [0, 0.1) is 5.92 Å². The Balaban J connectivity index is 0.799. The van der Waals surface area contributed by atoms with E-state index in [1.807, 2.05) is 54.7 Å². The van der Waals surface area contributed by atoms with E-state index < -0.39 is 23.8 Å². The third-order valence-corrected chi connectivity index (χ3v) is 12.0. The van der Waals surface area contributed by atoms with Gasteiger partial charge in [-0.05, 0) is 49.1 Å². The van der Waals surface area contributed by atoms with Crippen LogP contribution >= 0.6 is 11.8 Å². The number of nitrogens with one attached hydrogen (secondary N) is 2. The van der Waals surface area contributed by atoms with E-state index in [1.54, 1.807) is 32.3 Å². The average molecular weight is 831 g/mol. The number of hydrogen-bond acceptors (Lipinski definition) is 12. The standard InChI is InChI=1S/C42H43ClN12O5/c1-49(2)39(58)32-23-30-36(27-7-4-3-5-8-27)47-41(48-37(30)54(32)43)45-33-12-11-28(24-44-33)51-21-19-50(20-22-51)25-26-13-16-52(17-14-26)31-10-6-9-29-35(31)40(59)55(38(29)57)53-18-15-34(56)46-42(53)60/h3-12,23-24,26H,13-22,25H2,1-2H3,(H,46,56,60)(H,44,45,47,48). The zero-order valence-electron chi connectivity index (χ0n) is 33.2. The maximum Gasteiger partial charge on any atom is 0.343 e. The summed E-state index contributed by atoms with van der Waals surface area (Å²) in [5.74, 6) is -0.421. The van der Waals surface area contributed by atoms with Crippen LogP contribution in [-0.2, 0) is 4.79 Å². The number of benzene rings is 2. The summed E-state index contributed by atoms with van der Waals surface area (Å²) in [6.45, 7) is 6.00. The molecule has 0 spiro atoms. The number of aromatic nitrogens is 4. The highest BCUT2D eigenvalue weighted by molar-refractivity contribution is 6.24. The number of amides is 6. The predicted molar refractivity (Wildman–Crippen MR) is 225 cm³/mol. The second-order valence-corrected chi connectivity index (χ2v) is 15.9. The smallest absolute Gasteiger partial charge is 0.343 e. The van der Waals surface area contributed by atoms with E-state index >= 15 is 0 Å². The first kappa shape index (κ1) is 38.9. The Morgan fingerprint density at radius 2 is 1.63 bits per heavy atom. The van der Waals surface area contributed by atoms with Gasteiger partial charge < -0.3 is 20.0 Å². The minimum atomic E-state index is -0.773. The number of carbonyl (C=O) groups is 5. The number of imide groups is 2. The van der Waals surface area contributed by atoms with Gasteiger partial charge in [0.2, 0.25) is 11.9 Å². The number of carbonyl (C=O) groups excluding carboxylic acids is 5. The Bertz CT molecular complexity index is 2510. The van der Waals surface area contributed by atoms with E-state index in [9.17, 15) is 24.0 Å². The minimum Gasteiger partial charge on any atom is -0.371 e. The van der Waals surface area contributed by atoms with Crippen molar-refractivity contribution < 1.29 is 24.0 Å². The number of rotatable bonds is 9. The Kier molecular flexibility index (Phi) is 10.3. The third kappa shape index (κ3) is 7.23. The lowest BCUT2D eigenvalue weighted by Gasteiger charge is -2.40. The van der Waals surface area contributed by atoms with Gasteiger partial charge in [-0.25, -0.2) is 23.9 Å². The quantitative estimate of drug-likeness (QED) is 0.201. The third-order valence-electron chi connectivity index (χ3n) is 11.6. The number of nitrogens with zero attached hydrogens (tertiary/aromatic N) is 10. The molecule has 6 amide bonds. The second kappa shape index (κ2) is 15.9. The molecule has 2 aromatic carbocycles. The molecule has 4 aliphatic heterocycles. The van der Waals surface area contributed by atoms with Crippen molar-refractivity contribution >= 4 is 75.6 Å². The molecule has 0 radical (unpaired) electrons. The molecule has 2 N–H and O–H groups in total. The summed E-state index contributed by atoms with van der Waals surface area (Å²) >= 11 is 6.67. The number of hydrazine groups is 1. The lowest BCUT2D eigenvalue weighted by Crippen LogP contribution is -2.58. The van der Waals surface area contributed by atoms with Crippen LogP contribution in [0.25, 0.3) is 22.3 Å². The van der Waals surface area contributed by atoms with Crippen molar-refractivity contribution in [3.05, 3.63) is 89.7 Å². The molecule has 7 heterocycles. The van der Waals surface area contributed by atoms with Crippen molar-refractivity contribution in [3.8, 4) is 11.3 Å². The number of anilines is 4. The Labute approximate surface area is 350 Å². The van der Waals surface area contributed by atoms with Gasteiger partial charge in [0, 0.05) is 89.1 Å². The molecule has 0 aliphatic carbocycles. The van der Waals surface area contributed by atoms with Crippen molar-refractivity contribution in [2.24, 2.45) is 5.92 Å². The van der Waals surface area contributed by atoms with Crippen LogP contribution in [0.15, 0.2) is 72.9 Å². The number of fused-ring (bicyclic) bond motifs is 2. The molecule has 0 saturated carbocycles. The molecule has 17 nitrogen and oxygen atoms in total. The fourth-order valence-corrected chi connectivity index (χ4v) is 8.70. The van der Waals surface area contributed by atoms with Gasteiger partial charge in [0.15, 0.2) is 5.65 Å². The van der Waals surface area contributed by atoms with Gasteiger partial charge in [-0.1, -0.05) is 36.4 Å². The molecule has 60 heavy (non-hydrogen) atoms. The molecule has 18 heteroatoms. The zero-order valence-corrected chi connectivity index (χ0v) is 33.9. The summed E-state index contributed by atoms with van der Waals surface area (Å²) in [4.78, 5) is 86.7. The fraction of sp³-hybridized carbons (Fsp3) is 0.333. The van der Waals surface area contributed by atoms with E-state index in [-0.39, 0.29) is 24.4 Å². The number of pyridine rings is 1. The Morgan fingerprint density at radius 1 is 0.867 bits per heavy atom. The summed E-state index contributed by atoms with van der Waals surface area (Å²) in [5.41, 5.74) is 4.50. The van der Waals surface area contributed by atoms with Crippen molar-refractivity contribution in [2.45, 2.75) is 19.3 Å². The molecular formula is C42H43ClN12O5. The molecule has 3 aromatic heterocycles. The largest absolute Gasteiger partial charge is 0.371 e. The van der Waals surface area contributed by atoms with Crippen molar-refractivity contribution in [1.82, 2.24) is 44.2 Å². The predicted octanol–water partition coefficient (Wildman–Crippen LogP) is 4.43.